The molecule has 33 heavy (non-hydrogen) atoms. The van der Waals surface area contributed by atoms with Crippen LogP contribution in [0.1, 0.15) is 17.5 Å². The van der Waals surface area contributed by atoms with E-state index in [1.54, 1.807) is 18.9 Å². The quantitative estimate of drug-likeness (QED) is 0.464. The Morgan fingerprint density at radius 2 is 1.82 bits per heavy atom. The van der Waals surface area contributed by atoms with E-state index >= 15 is 0 Å². The van der Waals surface area contributed by atoms with E-state index in [4.69, 9.17) is 4.74 Å². The summed E-state index contributed by atoms with van der Waals surface area (Å²) in [4.78, 5) is 16.9. The van der Waals surface area contributed by atoms with E-state index in [0.29, 0.717) is 12.2 Å². The number of ether oxygens (including phenoxy) is 1. The summed E-state index contributed by atoms with van der Waals surface area (Å²) in [5.41, 5.74) is 4.68. The van der Waals surface area contributed by atoms with Gasteiger partial charge in [0, 0.05) is 49.7 Å². The van der Waals surface area contributed by atoms with Gasteiger partial charge in [-0.3, -0.25) is 4.79 Å². The second-order valence-corrected chi connectivity index (χ2v) is 10.3. The largest absolute Gasteiger partial charge is 0.497 e. The van der Waals surface area contributed by atoms with Crippen molar-refractivity contribution in [1.82, 2.24) is 15.1 Å². The number of aryl methyl sites for hydroxylation is 2. The Morgan fingerprint density at radius 1 is 1.06 bits per heavy atom. The number of hydrogen-bond acceptors (Lipinski definition) is 8. The van der Waals surface area contributed by atoms with E-state index in [1.165, 1.54) is 28.2 Å². The van der Waals surface area contributed by atoms with Crippen molar-refractivity contribution in [1.29, 1.82) is 0 Å². The number of carbonyl (C=O) groups is 1. The number of amides is 1. The van der Waals surface area contributed by atoms with Crippen LogP contribution >= 0.6 is 23.1 Å². The molecule has 0 saturated carbocycles. The lowest BCUT2D eigenvalue weighted by Crippen LogP contribution is -2.48. The van der Waals surface area contributed by atoms with E-state index in [0.717, 1.165) is 47.1 Å². The predicted molar refractivity (Wildman–Crippen MR) is 136 cm³/mol. The molecule has 2 heterocycles. The lowest BCUT2D eigenvalue weighted by molar-refractivity contribution is -0.131. The van der Waals surface area contributed by atoms with Crippen molar-refractivity contribution in [2.45, 2.75) is 24.6 Å². The van der Waals surface area contributed by atoms with E-state index in [-0.39, 0.29) is 5.91 Å². The first-order valence-electron chi connectivity index (χ1n) is 11.0. The maximum atomic E-state index is 12.7. The highest BCUT2D eigenvalue weighted by molar-refractivity contribution is 8.01. The van der Waals surface area contributed by atoms with Gasteiger partial charge in [0.2, 0.25) is 11.0 Å². The first-order chi connectivity index (χ1) is 16.0. The number of nitrogens with zero attached hydrogens (tertiary/aromatic N) is 4. The van der Waals surface area contributed by atoms with Crippen LogP contribution in [0, 0.1) is 13.8 Å². The zero-order valence-electron chi connectivity index (χ0n) is 19.2. The SMILES string of the molecule is COc1ccc(N2CCN(C(=O)CCSc3nnc(Nc4ccc(C)c(C)c4)s3)CC2)cc1. The van der Waals surface area contributed by atoms with Gasteiger partial charge in [0.25, 0.3) is 0 Å². The van der Waals surface area contributed by atoms with Crippen molar-refractivity contribution in [2.24, 2.45) is 0 Å². The maximum Gasteiger partial charge on any atom is 0.223 e. The van der Waals surface area contributed by atoms with Gasteiger partial charge in [-0.15, -0.1) is 10.2 Å². The monoisotopic (exact) mass is 483 g/mol. The minimum absolute atomic E-state index is 0.204. The molecular weight excluding hydrogens is 454 g/mol. The minimum Gasteiger partial charge on any atom is -0.497 e. The molecule has 1 fully saturated rings. The molecule has 4 rings (SSSR count). The van der Waals surface area contributed by atoms with Crippen LogP contribution in [-0.4, -0.2) is 60.0 Å². The number of anilines is 3. The number of carbonyl (C=O) groups excluding carboxylic acids is 1. The Hall–Kier alpha value is -2.78. The molecule has 0 unspecified atom stereocenters. The second kappa shape index (κ2) is 10.9. The van der Waals surface area contributed by atoms with Crippen molar-refractivity contribution in [3.63, 3.8) is 0 Å². The summed E-state index contributed by atoms with van der Waals surface area (Å²) < 4.78 is 6.10. The molecule has 1 N–H and O–H groups in total. The third-order valence-electron chi connectivity index (χ3n) is 5.78. The summed E-state index contributed by atoms with van der Waals surface area (Å²) in [6.07, 6.45) is 0.507. The van der Waals surface area contributed by atoms with Gasteiger partial charge in [-0.25, -0.2) is 0 Å². The van der Waals surface area contributed by atoms with E-state index in [2.05, 4.69) is 58.5 Å². The van der Waals surface area contributed by atoms with Crippen molar-refractivity contribution >= 4 is 45.5 Å². The molecule has 1 amide bonds. The van der Waals surface area contributed by atoms with E-state index in [9.17, 15) is 4.79 Å². The number of methoxy groups -OCH3 is 1. The van der Waals surface area contributed by atoms with Crippen LogP contribution in [0.15, 0.2) is 46.8 Å². The Kier molecular flexibility index (Phi) is 7.72. The van der Waals surface area contributed by atoms with Gasteiger partial charge in [-0.2, -0.15) is 0 Å². The van der Waals surface area contributed by atoms with Gasteiger partial charge in [0.05, 0.1) is 7.11 Å². The molecule has 174 valence electrons. The van der Waals surface area contributed by atoms with Crippen LogP contribution in [0.3, 0.4) is 0 Å². The molecule has 0 atom stereocenters. The minimum atomic E-state index is 0.204. The normalized spacial score (nSPS) is 13.8. The predicted octanol–water partition coefficient (Wildman–Crippen LogP) is 4.74. The molecule has 0 spiro atoms. The van der Waals surface area contributed by atoms with E-state index in [1.807, 2.05) is 23.1 Å². The topological polar surface area (TPSA) is 70.6 Å². The highest BCUT2D eigenvalue weighted by atomic mass is 32.2. The van der Waals surface area contributed by atoms with Crippen LogP contribution < -0.4 is 15.0 Å². The van der Waals surface area contributed by atoms with Gasteiger partial charge in [0.15, 0.2) is 4.34 Å². The molecule has 9 heteroatoms. The Bertz CT molecular complexity index is 1080. The lowest BCUT2D eigenvalue weighted by Gasteiger charge is -2.36. The summed E-state index contributed by atoms with van der Waals surface area (Å²) in [6.45, 7) is 7.37. The Labute approximate surface area is 203 Å². The van der Waals surface area contributed by atoms with Crippen molar-refractivity contribution < 1.29 is 9.53 Å². The number of benzene rings is 2. The third-order valence-corrected chi connectivity index (χ3v) is 7.75. The van der Waals surface area contributed by atoms with Crippen molar-refractivity contribution in [3.05, 3.63) is 53.6 Å². The average Bonchev–Trinajstić information content (AvgIpc) is 3.28. The first-order valence-corrected chi connectivity index (χ1v) is 12.8. The molecule has 1 saturated heterocycles. The number of hydrogen-bond donors (Lipinski definition) is 1. The van der Waals surface area contributed by atoms with Crippen molar-refractivity contribution in [2.75, 3.05) is 49.3 Å². The molecule has 0 bridgehead atoms. The van der Waals surface area contributed by atoms with Gasteiger partial charge in [0.1, 0.15) is 5.75 Å². The number of rotatable bonds is 8. The molecule has 7 nitrogen and oxygen atoms in total. The smallest absolute Gasteiger partial charge is 0.223 e. The van der Waals surface area contributed by atoms with Crippen LogP contribution in [0.5, 0.6) is 5.75 Å². The molecule has 1 aliphatic heterocycles. The van der Waals surface area contributed by atoms with Crippen molar-refractivity contribution in [3.8, 4) is 5.75 Å². The van der Waals surface area contributed by atoms with Gasteiger partial charge >= 0.3 is 0 Å². The molecule has 0 aliphatic carbocycles. The Morgan fingerprint density at radius 3 is 2.52 bits per heavy atom. The fraction of sp³-hybridized carbons (Fsp3) is 0.375. The number of piperazine rings is 1. The molecule has 3 aromatic rings. The highest BCUT2D eigenvalue weighted by Gasteiger charge is 2.21. The third kappa shape index (κ3) is 6.17. The molecule has 1 aromatic heterocycles. The summed E-state index contributed by atoms with van der Waals surface area (Å²) in [6, 6.07) is 14.3. The highest BCUT2D eigenvalue weighted by Crippen LogP contribution is 2.29. The Balaban J connectivity index is 1.19. The summed E-state index contributed by atoms with van der Waals surface area (Å²) in [5.74, 6) is 1.76. The maximum absolute atomic E-state index is 12.7. The fourth-order valence-electron chi connectivity index (χ4n) is 3.65. The molecule has 2 aromatic carbocycles. The van der Waals surface area contributed by atoms with Gasteiger partial charge in [-0.1, -0.05) is 29.2 Å². The lowest BCUT2D eigenvalue weighted by atomic mass is 10.1. The van der Waals surface area contributed by atoms with Crippen LogP contribution in [0.2, 0.25) is 0 Å². The first kappa shape index (κ1) is 23.4. The average molecular weight is 484 g/mol. The standard InChI is InChI=1S/C24H29N5O2S2/c1-17-4-5-19(16-18(17)2)25-23-26-27-24(33-23)32-15-10-22(30)29-13-11-28(12-14-29)20-6-8-21(31-3)9-7-20/h4-9,16H,10-15H2,1-3H3,(H,25,26). The fourth-order valence-corrected chi connectivity index (χ4v) is 5.42. The van der Waals surface area contributed by atoms with Gasteiger partial charge < -0.3 is 19.9 Å². The zero-order valence-corrected chi connectivity index (χ0v) is 20.8. The molecule has 0 radical (unpaired) electrons. The molecular formula is C24H29N5O2S2. The summed E-state index contributed by atoms with van der Waals surface area (Å²) in [7, 11) is 1.67. The summed E-state index contributed by atoms with van der Waals surface area (Å²) >= 11 is 3.10. The van der Waals surface area contributed by atoms with Crippen LogP contribution in [-0.2, 0) is 4.79 Å². The molecule has 1 aliphatic rings. The zero-order chi connectivity index (χ0) is 23.2. The number of nitrogens with one attached hydrogen (secondary N) is 1. The van der Waals surface area contributed by atoms with Crippen LogP contribution in [0.4, 0.5) is 16.5 Å². The summed E-state index contributed by atoms with van der Waals surface area (Å²) in [5, 5.41) is 12.6. The van der Waals surface area contributed by atoms with Crippen LogP contribution in [0.25, 0.3) is 0 Å². The van der Waals surface area contributed by atoms with Gasteiger partial charge in [-0.05, 0) is 61.4 Å². The second-order valence-electron chi connectivity index (χ2n) is 7.96. The number of aromatic nitrogens is 2. The number of thioether (sulfide) groups is 1. The van der Waals surface area contributed by atoms with E-state index < -0.39 is 0 Å².